The van der Waals surface area contributed by atoms with E-state index in [1.54, 1.807) is 24.3 Å². The van der Waals surface area contributed by atoms with Gasteiger partial charge in [-0.2, -0.15) is 0 Å². The maximum Gasteiger partial charge on any atom is 0.243 e. The fraction of sp³-hybridized carbons (Fsp3) is 0.613. The molecule has 1 aromatic rings. The van der Waals surface area contributed by atoms with E-state index in [9.17, 15) is 19.2 Å². The number of guanidine groups is 1. The predicted molar refractivity (Wildman–Crippen MR) is 175 cm³/mol. The summed E-state index contributed by atoms with van der Waals surface area (Å²) >= 11 is 0. The Morgan fingerprint density at radius 3 is 2.07 bits per heavy atom. The van der Waals surface area contributed by atoms with E-state index in [1.807, 2.05) is 0 Å². The molecule has 2 rings (SSSR count). The first-order chi connectivity index (χ1) is 22.0. The number of nitrogens with one attached hydrogen (secondary N) is 3. The molecular weight excluding hydrogens is 594 g/mol. The van der Waals surface area contributed by atoms with E-state index in [1.165, 1.54) is 19.1 Å². The van der Waals surface area contributed by atoms with Gasteiger partial charge in [0.25, 0.3) is 0 Å². The Morgan fingerprint density at radius 1 is 0.935 bits per heavy atom. The average Bonchev–Trinajstić information content (AvgIpc) is 3.03. The lowest BCUT2D eigenvalue weighted by Gasteiger charge is -2.33. The van der Waals surface area contributed by atoms with Crippen LogP contribution in [0, 0.1) is 17.2 Å². The Labute approximate surface area is 270 Å². The van der Waals surface area contributed by atoms with Crippen molar-refractivity contribution in [2.24, 2.45) is 39.8 Å². The summed E-state index contributed by atoms with van der Waals surface area (Å²) in [6.45, 7) is 1.23. The van der Waals surface area contributed by atoms with Gasteiger partial charge in [-0.15, -0.1) is 0 Å². The van der Waals surface area contributed by atoms with Crippen LogP contribution in [-0.2, 0) is 35.1 Å². The molecule has 1 saturated carbocycles. The lowest BCUT2D eigenvalue weighted by atomic mass is 9.83. The molecule has 46 heavy (non-hydrogen) atoms. The van der Waals surface area contributed by atoms with E-state index in [0.717, 1.165) is 19.3 Å². The Morgan fingerprint density at radius 2 is 1.54 bits per heavy atom. The number of amidine groups is 1. The van der Waals surface area contributed by atoms with Gasteiger partial charge in [0.15, 0.2) is 5.96 Å². The van der Waals surface area contributed by atoms with Gasteiger partial charge in [0.2, 0.25) is 23.6 Å². The zero-order chi connectivity index (χ0) is 34.1. The molecule has 0 aromatic heterocycles. The van der Waals surface area contributed by atoms with Crippen LogP contribution in [0.15, 0.2) is 29.3 Å². The summed E-state index contributed by atoms with van der Waals surface area (Å²) in [5.74, 6) is -3.90. The number of nitrogens with zero attached hydrogens (tertiary/aromatic N) is 2. The Balaban J connectivity index is 2.38. The Kier molecular flexibility index (Phi) is 16.5. The average molecular weight is 646 g/mol. The molecule has 15 heteroatoms. The third kappa shape index (κ3) is 12.6. The molecule has 256 valence electrons. The summed E-state index contributed by atoms with van der Waals surface area (Å²) < 4.78 is 10.4. The van der Waals surface area contributed by atoms with Crippen LogP contribution in [0.25, 0.3) is 0 Å². The van der Waals surface area contributed by atoms with Gasteiger partial charge in [0.05, 0.1) is 13.2 Å². The lowest BCUT2D eigenvalue weighted by molar-refractivity contribution is -0.145. The third-order valence-corrected chi connectivity index (χ3v) is 8.07. The van der Waals surface area contributed by atoms with Crippen molar-refractivity contribution in [2.75, 3.05) is 47.1 Å². The second-order valence-electron chi connectivity index (χ2n) is 11.5. The quantitative estimate of drug-likeness (QED) is 0.0410. The number of benzene rings is 1. The first-order valence-electron chi connectivity index (χ1n) is 15.6. The summed E-state index contributed by atoms with van der Waals surface area (Å²) in [7, 11) is 3.04. The van der Waals surface area contributed by atoms with Crippen molar-refractivity contribution in [3.63, 3.8) is 0 Å². The number of methoxy groups -OCH3 is 2. The molecule has 15 nitrogen and oxygen atoms in total. The first kappa shape index (κ1) is 37.9. The highest BCUT2D eigenvalue weighted by molar-refractivity contribution is 6.02. The summed E-state index contributed by atoms with van der Waals surface area (Å²) in [4.78, 5) is 59.5. The summed E-state index contributed by atoms with van der Waals surface area (Å²) in [6.07, 6.45) is 4.81. The highest BCUT2D eigenvalue weighted by Gasteiger charge is 2.37. The molecule has 0 spiro atoms. The number of ether oxygens (including phenoxy) is 2. The molecule has 3 atom stereocenters. The van der Waals surface area contributed by atoms with Gasteiger partial charge >= 0.3 is 0 Å². The highest BCUT2D eigenvalue weighted by Crippen LogP contribution is 2.27. The van der Waals surface area contributed by atoms with Gasteiger partial charge in [-0.1, -0.05) is 43.5 Å². The fourth-order valence-corrected chi connectivity index (χ4v) is 5.47. The number of hydrogen-bond acceptors (Lipinski definition) is 8. The van der Waals surface area contributed by atoms with E-state index in [4.69, 9.17) is 37.8 Å². The molecule has 1 aromatic carbocycles. The fourth-order valence-electron chi connectivity index (χ4n) is 5.47. The lowest BCUT2D eigenvalue weighted by Crippen LogP contribution is -2.58. The van der Waals surface area contributed by atoms with Gasteiger partial charge in [-0.05, 0) is 43.6 Å². The Bertz CT molecular complexity index is 1180. The monoisotopic (exact) mass is 645 g/mol. The normalized spacial score (nSPS) is 15.2. The number of nitrogens with two attached hydrogens (primary N) is 4. The molecule has 1 aliphatic carbocycles. The van der Waals surface area contributed by atoms with Crippen LogP contribution < -0.4 is 33.6 Å². The SMILES string of the molecule is COCCN(CCOC)C(=O)C(Cc1ccc(C(=N)N)cc1)C(=O)N[C@H](C(=O)N[C@@H](CCCN=C(N)N)C(N)=O)C1CCCCC1. The molecule has 0 bridgehead atoms. The maximum atomic E-state index is 14.1. The molecule has 1 fully saturated rings. The predicted octanol–water partition coefficient (Wildman–Crippen LogP) is -0.660. The van der Waals surface area contributed by atoms with Crippen LogP contribution in [0.5, 0.6) is 0 Å². The highest BCUT2D eigenvalue weighted by atomic mass is 16.5. The van der Waals surface area contributed by atoms with Crippen molar-refractivity contribution in [2.45, 2.75) is 63.5 Å². The Hall–Kier alpha value is -4.24. The number of hydrogen-bond donors (Lipinski definition) is 7. The van der Waals surface area contributed by atoms with E-state index < -0.39 is 41.6 Å². The zero-order valence-electron chi connectivity index (χ0n) is 27.0. The van der Waals surface area contributed by atoms with Crippen molar-refractivity contribution in [3.8, 4) is 0 Å². The van der Waals surface area contributed by atoms with Crippen LogP contribution in [-0.4, -0.2) is 99.5 Å². The molecule has 0 aliphatic heterocycles. The number of carbonyl (C=O) groups excluding carboxylic acids is 4. The number of primary amides is 1. The molecule has 11 N–H and O–H groups in total. The first-order valence-corrected chi connectivity index (χ1v) is 15.6. The number of aliphatic imine (C=N–C) groups is 1. The third-order valence-electron chi connectivity index (χ3n) is 8.07. The minimum absolute atomic E-state index is 0.0347. The standard InChI is InChI=1S/C31H51N9O6/c1-45-17-15-40(16-18-46-2)30(44)23(19-20-10-12-22(13-11-20)26(32)33)28(42)39-25(21-7-4-3-5-8-21)29(43)38-24(27(34)41)9-6-14-37-31(35)36/h10-13,21,23-25H,3-9,14-19H2,1-2H3,(H3,32,33)(H2,34,41)(H,38,43)(H,39,42)(H4,35,36,37)/t23?,24-,25-/m0/s1. The molecular formula is C31H51N9O6. The van der Waals surface area contributed by atoms with Gasteiger partial charge in [-0.25, -0.2) is 0 Å². The summed E-state index contributed by atoms with van der Waals surface area (Å²) in [5.41, 5.74) is 23.1. The number of amides is 4. The van der Waals surface area contributed by atoms with Crippen molar-refractivity contribution >= 4 is 35.4 Å². The van der Waals surface area contributed by atoms with Gasteiger partial charge in [0, 0.05) is 39.4 Å². The number of nitrogen functional groups attached to an aromatic ring is 1. The van der Waals surface area contributed by atoms with Gasteiger partial charge in [0.1, 0.15) is 23.8 Å². The van der Waals surface area contributed by atoms with Crippen LogP contribution in [0.1, 0.15) is 56.1 Å². The van der Waals surface area contributed by atoms with Crippen LogP contribution in [0.3, 0.4) is 0 Å². The minimum Gasteiger partial charge on any atom is -0.384 e. The molecule has 4 amide bonds. The van der Waals surface area contributed by atoms with Crippen LogP contribution in [0.2, 0.25) is 0 Å². The van der Waals surface area contributed by atoms with Crippen molar-refractivity contribution in [1.29, 1.82) is 5.41 Å². The molecule has 1 unspecified atom stereocenters. The molecule has 0 radical (unpaired) electrons. The molecule has 0 saturated heterocycles. The second kappa shape index (κ2) is 20.0. The van der Waals surface area contributed by atoms with E-state index >= 15 is 0 Å². The van der Waals surface area contributed by atoms with Gasteiger partial charge in [-0.3, -0.25) is 29.6 Å². The topological polar surface area (TPSA) is 254 Å². The number of carbonyl (C=O) groups is 4. The largest absolute Gasteiger partial charge is 0.384 e. The zero-order valence-corrected chi connectivity index (χ0v) is 27.0. The maximum absolute atomic E-state index is 14.1. The van der Waals surface area contributed by atoms with Crippen molar-refractivity contribution in [3.05, 3.63) is 35.4 Å². The van der Waals surface area contributed by atoms with Crippen LogP contribution >= 0.6 is 0 Å². The number of rotatable bonds is 20. The van der Waals surface area contributed by atoms with Crippen molar-refractivity contribution < 1.29 is 28.7 Å². The minimum atomic E-state index is -1.19. The van der Waals surface area contributed by atoms with Gasteiger partial charge < -0.3 is 47.9 Å². The van der Waals surface area contributed by atoms with E-state index in [0.29, 0.717) is 30.4 Å². The molecule has 1 aliphatic rings. The summed E-state index contributed by atoms with van der Waals surface area (Å²) in [5, 5.41) is 13.3. The van der Waals surface area contributed by atoms with Crippen molar-refractivity contribution in [1.82, 2.24) is 15.5 Å². The van der Waals surface area contributed by atoms with E-state index in [2.05, 4.69) is 15.6 Å². The van der Waals surface area contributed by atoms with E-state index in [-0.39, 0.29) is 63.4 Å². The smallest absolute Gasteiger partial charge is 0.243 e. The van der Waals surface area contributed by atoms with Crippen LogP contribution in [0.4, 0.5) is 0 Å². The summed E-state index contributed by atoms with van der Waals surface area (Å²) in [6, 6.07) is 4.74. The molecule has 0 heterocycles. The second-order valence-corrected chi connectivity index (χ2v) is 11.5.